The molecule has 9 nitrogen and oxygen atoms in total. The van der Waals surface area contributed by atoms with Crippen molar-refractivity contribution in [1.82, 2.24) is 5.32 Å². The van der Waals surface area contributed by atoms with Gasteiger partial charge in [0.2, 0.25) is 5.91 Å². The van der Waals surface area contributed by atoms with Gasteiger partial charge in [-0.1, -0.05) is 6.07 Å². The Balaban J connectivity index is 1.41. The number of hydrogen-bond acceptors (Lipinski definition) is 7. The van der Waals surface area contributed by atoms with E-state index in [0.717, 1.165) is 5.69 Å². The highest BCUT2D eigenvalue weighted by atomic mass is 19.1. The van der Waals surface area contributed by atoms with Crippen molar-refractivity contribution in [3.05, 3.63) is 48.3 Å². The minimum Gasteiger partial charge on any atom is -0.442 e. The van der Waals surface area contributed by atoms with Crippen LogP contribution >= 0.6 is 0 Å². The molecule has 0 spiro atoms. The normalized spacial score (nSPS) is 19.3. The van der Waals surface area contributed by atoms with Crippen molar-refractivity contribution < 1.29 is 18.7 Å². The number of carbonyl (C=O) groups is 2. The van der Waals surface area contributed by atoms with Gasteiger partial charge in [0, 0.05) is 44.2 Å². The standard InChI is InChI=1S/C24H27FN6O3/c1-16(32)28-13-20-14-31(23(33)34-20)19-5-6-22(21(25)12-19)30-9-7-24(15-26,8-10-30)29-18-4-2-3-17(27)11-18/h2-6,11-12,20,29H,7-10,13-14,27H2,1H3,(H,28,32). The molecule has 4 rings (SSSR count). The summed E-state index contributed by atoms with van der Waals surface area (Å²) in [6.45, 7) is 2.79. The molecule has 34 heavy (non-hydrogen) atoms. The van der Waals surface area contributed by atoms with Crippen LogP contribution in [-0.2, 0) is 9.53 Å². The van der Waals surface area contributed by atoms with E-state index in [2.05, 4.69) is 16.7 Å². The number of cyclic esters (lactones) is 1. The van der Waals surface area contributed by atoms with Crippen LogP contribution in [0.5, 0.6) is 0 Å². The maximum atomic E-state index is 15.1. The zero-order valence-electron chi connectivity index (χ0n) is 18.9. The summed E-state index contributed by atoms with van der Waals surface area (Å²) in [6.07, 6.45) is -0.0642. The van der Waals surface area contributed by atoms with E-state index >= 15 is 4.39 Å². The van der Waals surface area contributed by atoms with Gasteiger partial charge in [-0.3, -0.25) is 9.69 Å². The summed E-state index contributed by atoms with van der Waals surface area (Å²) >= 11 is 0. The van der Waals surface area contributed by atoms with Crippen LogP contribution < -0.4 is 26.2 Å². The quantitative estimate of drug-likeness (QED) is 0.559. The molecular formula is C24H27FN6O3. The molecule has 0 aliphatic carbocycles. The molecular weight excluding hydrogens is 439 g/mol. The molecule has 4 N–H and O–H groups in total. The third kappa shape index (κ3) is 4.98. The first kappa shape index (κ1) is 23.2. The maximum Gasteiger partial charge on any atom is 0.414 e. The van der Waals surface area contributed by atoms with Crippen molar-refractivity contribution in [2.24, 2.45) is 0 Å². The average Bonchev–Trinajstić information content (AvgIpc) is 3.19. The number of nitrogens with zero attached hydrogens (tertiary/aromatic N) is 3. The minimum atomic E-state index is -0.761. The first-order chi connectivity index (χ1) is 16.3. The van der Waals surface area contributed by atoms with E-state index in [0.29, 0.717) is 43.0 Å². The maximum absolute atomic E-state index is 15.1. The van der Waals surface area contributed by atoms with Crippen LogP contribution in [-0.4, -0.2) is 49.8 Å². The molecule has 2 aliphatic rings. The van der Waals surface area contributed by atoms with Gasteiger partial charge >= 0.3 is 6.09 Å². The van der Waals surface area contributed by atoms with Crippen LogP contribution in [0.1, 0.15) is 19.8 Å². The molecule has 2 aromatic carbocycles. The van der Waals surface area contributed by atoms with Gasteiger partial charge in [-0.2, -0.15) is 5.26 Å². The lowest BCUT2D eigenvalue weighted by Gasteiger charge is -2.39. The van der Waals surface area contributed by atoms with Crippen molar-refractivity contribution in [3.63, 3.8) is 0 Å². The third-order valence-electron chi connectivity index (χ3n) is 6.14. The van der Waals surface area contributed by atoms with E-state index in [4.69, 9.17) is 10.5 Å². The Morgan fingerprint density at radius 3 is 2.71 bits per heavy atom. The predicted octanol–water partition coefficient (Wildman–Crippen LogP) is 2.84. The molecule has 2 saturated heterocycles. The van der Waals surface area contributed by atoms with Crippen LogP contribution in [0, 0.1) is 17.1 Å². The van der Waals surface area contributed by atoms with E-state index in [1.165, 1.54) is 17.9 Å². The number of amides is 2. The number of hydrogen-bond donors (Lipinski definition) is 3. The lowest BCUT2D eigenvalue weighted by atomic mass is 9.88. The largest absolute Gasteiger partial charge is 0.442 e. The van der Waals surface area contributed by atoms with Crippen LogP contribution in [0.2, 0.25) is 0 Å². The molecule has 0 bridgehead atoms. The highest BCUT2D eigenvalue weighted by Gasteiger charge is 2.36. The highest BCUT2D eigenvalue weighted by Crippen LogP contribution is 2.33. The molecule has 0 aromatic heterocycles. The molecule has 0 saturated carbocycles. The number of piperidine rings is 1. The summed E-state index contributed by atoms with van der Waals surface area (Å²) in [4.78, 5) is 26.6. The molecule has 1 atom stereocenters. The van der Waals surface area contributed by atoms with Crippen LogP contribution in [0.15, 0.2) is 42.5 Å². The number of halogens is 1. The SMILES string of the molecule is CC(=O)NCC1CN(c2ccc(N3CCC(C#N)(Nc4cccc(N)c4)CC3)c(F)c2)C(=O)O1. The van der Waals surface area contributed by atoms with Gasteiger partial charge in [0.25, 0.3) is 0 Å². The van der Waals surface area contributed by atoms with E-state index in [9.17, 15) is 14.9 Å². The highest BCUT2D eigenvalue weighted by molar-refractivity contribution is 5.90. The zero-order chi connectivity index (χ0) is 24.3. The van der Waals surface area contributed by atoms with Gasteiger partial charge in [0.1, 0.15) is 17.5 Å². The van der Waals surface area contributed by atoms with Gasteiger partial charge < -0.3 is 26.0 Å². The number of carbonyl (C=O) groups excluding carboxylic acids is 2. The summed E-state index contributed by atoms with van der Waals surface area (Å²) < 4.78 is 20.3. The van der Waals surface area contributed by atoms with E-state index in [1.807, 2.05) is 17.0 Å². The van der Waals surface area contributed by atoms with Gasteiger partial charge in [-0.05, 0) is 36.4 Å². The molecule has 2 heterocycles. The molecule has 1 unspecified atom stereocenters. The first-order valence-corrected chi connectivity index (χ1v) is 11.1. The van der Waals surface area contributed by atoms with Crippen molar-refractivity contribution in [2.75, 3.05) is 47.0 Å². The predicted molar refractivity (Wildman–Crippen MR) is 127 cm³/mol. The van der Waals surface area contributed by atoms with Crippen LogP contribution in [0.25, 0.3) is 0 Å². The average molecular weight is 467 g/mol. The minimum absolute atomic E-state index is 0.205. The Kier molecular flexibility index (Phi) is 6.45. The second-order valence-electron chi connectivity index (χ2n) is 8.62. The molecule has 2 amide bonds. The summed E-state index contributed by atoms with van der Waals surface area (Å²) in [7, 11) is 0. The Morgan fingerprint density at radius 1 is 1.29 bits per heavy atom. The number of benzene rings is 2. The number of nitriles is 1. The lowest BCUT2D eigenvalue weighted by Crippen LogP contribution is -2.48. The van der Waals surface area contributed by atoms with Gasteiger partial charge in [0.05, 0.1) is 30.5 Å². The monoisotopic (exact) mass is 466 g/mol. The van der Waals surface area contributed by atoms with Crippen molar-refractivity contribution >= 4 is 34.7 Å². The zero-order valence-corrected chi connectivity index (χ0v) is 18.9. The molecule has 10 heteroatoms. The van der Waals surface area contributed by atoms with Gasteiger partial charge in [-0.25, -0.2) is 9.18 Å². The van der Waals surface area contributed by atoms with E-state index < -0.39 is 23.6 Å². The first-order valence-electron chi connectivity index (χ1n) is 11.1. The number of nitrogens with one attached hydrogen (secondary N) is 2. The number of ether oxygens (including phenoxy) is 1. The second-order valence-corrected chi connectivity index (χ2v) is 8.62. The Morgan fingerprint density at radius 2 is 2.06 bits per heavy atom. The van der Waals surface area contributed by atoms with Crippen molar-refractivity contribution in [3.8, 4) is 6.07 Å². The number of rotatable bonds is 6. The number of nitrogen functional groups attached to an aromatic ring is 1. The van der Waals surface area contributed by atoms with Crippen LogP contribution in [0.3, 0.4) is 0 Å². The number of anilines is 4. The Bertz CT molecular complexity index is 1130. The Labute approximate surface area is 197 Å². The summed E-state index contributed by atoms with van der Waals surface area (Å²) in [6, 6.07) is 14.3. The van der Waals surface area contributed by atoms with Gasteiger partial charge in [-0.15, -0.1) is 0 Å². The smallest absolute Gasteiger partial charge is 0.414 e. The van der Waals surface area contributed by atoms with Gasteiger partial charge in [0.15, 0.2) is 0 Å². The van der Waals surface area contributed by atoms with Crippen molar-refractivity contribution in [1.29, 1.82) is 5.26 Å². The fourth-order valence-corrected chi connectivity index (χ4v) is 4.30. The van der Waals surface area contributed by atoms with Crippen molar-refractivity contribution in [2.45, 2.75) is 31.4 Å². The van der Waals surface area contributed by atoms with E-state index in [1.54, 1.807) is 24.3 Å². The molecule has 2 aliphatic heterocycles. The summed E-state index contributed by atoms with van der Waals surface area (Å²) in [5.74, 6) is -0.668. The molecule has 2 fully saturated rings. The molecule has 2 aromatic rings. The fourth-order valence-electron chi connectivity index (χ4n) is 4.30. The second kappa shape index (κ2) is 9.47. The fraction of sp³-hybridized carbons (Fsp3) is 0.375. The van der Waals surface area contributed by atoms with Crippen LogP contribution in [0.4, 0.5) is 31.9 Å². The van der Waals surface area contributed by atoms with E-state index in [-0.39, 0.29) is 19.0 Å². The molecule has 0 radical (unpaired) electrons. The lowest BCUT2D eigenvalue weighted by molar-refractivity contribution is -0.119. The topological polar surface area (TPSA) is 124 Å². The summed E-state index contributed by atoms with van der Waals surface area (Å²) in [5.41, 5.74) is 7.28. The summed E-state index contributed by atoms with van der Waals surface area (Å²) in [5, 5.41) is 15.8. The third-order valence-corrected chi connectivity index (χ3v) is 6.14. The Hall–Kier alpha value is -4.00. The molecule has 178 valence electrons. The number of nitrogens with two attached hydrogens (primary N) is 1.